The molecule has 2 nitrogen and oxygen atoms in total. The van der Waals surface area contributed by atoms with Gasteiger partial charge in [0.25, 0.3) is 0 Å². The van der Waals surface area contributed by atoms with Crippen molar-refractivity contribution in [3.05, 3.63) is 64.5 Å². The van der Waals surface area contributed by atoms with Crippen LogP contribution in [0.5, 0.6) is 0 Å². The van der Waals surface area contributed by atoms with E-state index in [4.69, 9.17) is 0 Å². The molecule has 0 N–H and O–H groups in total. The van der Waals surface area contributed by atoms with E-state index in [1.54, 1.807) is 19.2 Å². The van der Waals surface area contributed by atoms with Crippen LogP contribution in [0.1, 0.15) is 27.2 Å². The van der Waals surface area contributed by atoms with Crippen molar-refractivity contribution < 1.29 is 13.6 Å². The lowest BCUT2D eigenvalue weighted by molar-refractivity contribution is 0.103. The predicted molar refractivity (Wildman–Crippen MR) is 63.5 cm³/mol. The van der Waals surface area contributed by atoms with Crippen molar-refractivity contribution in [2.75, 3.05) is 0 Å². The Labute approximate surface area is 103 Å². The number of benzene rings is 1. The fraction of sp³-hybridized carbons (Fsp3) is 0.143. The fourth-order valence-corrected chi connectivity index (χ4v) is 1.77. The van der Waals surface area contributed by atoms with Crippen LogP contribution in [-0.2, 0) is 0 Å². The van der Waals surface area contributed by atoms with Gasteiger partial charge in [0.05, 0.1) is 0 Å². The van der Waals surface area contributed by atoms with Gasteiger partial charge in [-0.25, -0.2) is 8.78 Å². The fourth-order valence-electron chi connectivity index (χ4n) is 1.77. The molecule has 0 radical (unpaired) electrons. The maximum absolute atomic E-state index is 13.1. The topological polar surface area (TPSA) is 30.0 Å². The number of aryl methyl sites for hydroxylation is 2. The molecule has 0 amide bonds. The molecular weight excluding hydrogens is 236 g/mol. The van der Waals surface area contributed by atoms with Gasteiger partial charge in [0, 0.05) is 17.8 Å². The molecule has 2 aromatic rings. The highest BCUT2D eigenvalue weighted by molar-refractivity contribution is 6.08. The van der Waals surface area contributed by atoms with Gasteiger partial charge in [-0.15, -0.1) is 0 Å². The van der Waals surface area contributed by atoms with Crippen molar-refractivity contribution in [1.82, 2.24) is 4.98 Å². The van der Waals surface area contributed by atoms with Gasteiger partial charge in [0.15, 0.2) is 0 Å². The van der Waals surface area contributed by atoms with E-state index >= 15 is 0 Å². The lowest BCUT2D eigenvalue weighted by Crippen LogP contribution is -2.07. The minimum Gasteiger partial charge on any atom is -0.287 e. The smallest absolute Gasteiger partial charge is 0.211 e. The number of carbonyl (C=O) groups excluding carboxylic acids is 1. The summed E-state index contributed by atoms with van der Waals surface area (Å²) in [7, 11) is 0. The number of hydrogen-bond acceptors (Lipinski definition) is 2. The second-order valence-electron chi connectivity index (χ2n) is 4.17. The standard InChI is InChI=1S/C14H11F2NO/c1-8-3-9(2)13(17-7-8)14(18)10-4-11(15)6-12(16)5-10/h3-7H,1-2H3. The number of rotatable bonds is 2. The first-order valence-electron chi connectivity index (χ1n) is 5.41. The first-order chi connectivity index (χ1) is 8.47. The van der Waals surface area contributed by atoms with E-state index in [1.165, 1.54) is 0 Å². The predicted octanol–water partition coefficient (Wildman–Crippen LogP) is 3.21. The van der Waals surface area contributed by atoms with Crippen LogP contribution in [0.2, 0.25) is 0 Å². The Hall–Kier alpha value is -2.10. The Morgan fingerprint density at radius 3 is 2.22 bits per heavy atom. The Morgan fingerprint density at radius 2 is 1.67 bits per heavy atom. The zero-order chi connectivity index (χ0) is 13.3. The van der Waals surface area contributed by atoms with E-state index in [-0.39, 0.29) is 11.3 Å². The maximum Gasteiger partial charge on any atom is 0.211 e. The van der Waals surface area contributed by atoms with Crippen LogP contribution in [0.15, 0.2) is 30.5 Å². The van der Waals surface area contributed by atoms with E-state index in [2.05, 4.69) is 4.98 Å². The third-order valence-electron chi connectivity index (χ3n) is 2.55. The van der Waals surface area contributed by atoms with Gasteiger partial charge in [0.1, 0.15) is 17.3 Å². The van der Waals surface area contributed by atoms with Crippen LogP contribution in [-0.4, -0.2) is 10.8 Å². The molecule has 0 aliphatic carbocycles. The first-order valence-corrected chi connectivity index (χ1v) is 5.41. The number of nitrogens with zero attached hydrogens (tertiary/aromatic N) is 1. The zero-order valence-electron chi connectivity index (χ0n) is 10.00. The Bertz CT molecular complexity index is 603. The number of ketones is 1. The molecule has 18 heavy (non-hydrogen) atoms. The zero-order valence-corrected chi connectivity index (χ0v) is 10.00. The lowest BCUT2D eigenvalue weighted by atomic mass is 10.0. The monoisotopic (exact) mass is 247 g/mol. The Kier molecular flexibility index (Phi) is 3.19. The van der Waals surface area contributed by atoms with Gasteiger partial charge >= 0.3 is 0 Å². The summed E-state index contributed by atoms with van der Waals surface area (Å²) >= 11 is 0. The number of carbonyl (C=O) groups is 1. The minimum absolute atomic E-state index is 0.0352. The molecule has 0 atom stereocenters. The molecule has 0 bridgehead atoms. The summed E-state index contributed by atoms with van der Waals surface area (Å²) < 4.78 is 26.1. The highest BCUT2D eigenvalue weighted by Crippen LogP contribution is 2.15. The first kappa shape index (κ1) is 12.4. The summed E-state index contributed by atoms with van der Waals surface area (Å²) in [5.74, 6) is -2.03. The van der Waals surface area contributed by atoms with Crippen molar-refractivity contribution >= 4 is 5.78 Å². The summed E-state index contributed by atoms with van der Waals surface area (Å²) in [5, 5.41) is 0. The number of halogens is 2. The van der Waals surface area contributed by atoms with E-state index in [1.807, 2.05) is 6.92 Å². The minimum atomic E-state index is -0.775. The number of aromatic nitrogens is 1. The highest BCUT2D eigenvalue weighted by atomic mass is 19.1. The van der Waals surface area contributed by atoms with Gasteiger partial charge < -0.3 is 0 Å². The molecule has 0 aliphatic rings. The molecule has 0 aliphatic heterocycles. The van der Waals surface area contributed by atoms with Crippen LogP contribution < -0.4 is 0 Å². The van der Waals surface area contributed by atoms with Crippen molar-refractivity contribution in [3.8, 4) is 0 Å². The second kappa shape index (κ2) is 4.64. The van der Waals surface area contributed by atoms with Gasteiger partial charge in [-0.3, -0.25) is 9.78 Å². The summed E-state index contributed by atoms with van der Waals surface area (Å²) in [4.78, 5) is 16.1. The lowest BCUT2D eigenvalue weighted by Gasteiger charge is -2.05. The molecule has 2 rings (SSSR count). The average Bonchev–Trinajstić information content (AvgIpc) is 2.26. The van der Waals surface area contributed by atoms with Gasteiger partial charge in [-0.05, 0) is 37.1 Å². The quantitative estimate of drug-likeness (QED) is 0.763. The molecule has 0 saturated heterocycles. The molecule has 92 valence electrons. The molecule has 0 fully saturated rings. The van der Waals surface area contributed by atoms with Gasteiger partial charge in [-0.1, -0.05) is 6.07 Å². The van der Waals surface area contributed by atoms with Crippen molar-refractivity contribution in [3.63, 3.8) is 0 Å². The van der Waals surface area contributed by atoms with E-state index in [9.17, 15) is 13.6 Å². The van der Waals surface area contributed by atoms with Crippen molar-refractivity contribution in [1.29, 1.82) is 0 Å². The summed E-state index contributed by atoms with van der Waals surface area (Å²) in [6, 6.07) is 4.54. The van der Waals surface area contributed by atoms with Crippen LogP contribution in [0.3, 0.4) is 0 Å². The van der Waals surface area contributed by atoms with Crippen LogP contribution >= 0.6 is 0 Å². The second-order valence-corrected chi connectivity index (χ2v) is 4.17. The van der Waals surface area contributed by atoms with Crippen LogP contribution in [0.25, 0.3) is 0 Å². The third kappa shape index (κ3) is 2.42. The molecule has 0 spiro atoms. The van der Waals surface area contributed by atoms with E-state index < -0.39 is 17.4 Å². The highest BCUT2D eigenvalue weighted by Gasteiger charge is 2.15. The molecule has 0 unspecified atom stereocenters. The molecule has 1 aromatic heterocycles. The Balaban J connectivity index is 2.47. The third-order valence-corrected chi connectivity index (χ3v) is 2.55. The normalized spacial score (nSPS) is 10.4. The van der Waals surface area contributed by atoms with Gasteiger partial charge in [0.2, 0.25) is 5.78 Å². The summed E-state index contributed by atoms with van der Waals surface area (Å²) in [6.07, 6.45) is 1.55. The molecule has 1 aromatic carbocycles. The summed E-state index contributed by atoms with van der Waals surface area (Å²) in [6.45, 7) is 3.60. The molecule has 4 heteroatoms. The molecule has 0 saturated carbocycles. The number of hydrogen-bond donors (Lipinski definition) is 0. The Morgan fingerprint density at radius 1 is 1.06 bits per heavy atom. The molecule has 1 heterocycles. The molecular formula is C14H11F2NO. The van der Waals surface area contributed by atoms with E-state index in [0.29, 0.717) is 5.56 Å². The van der Waals surface area contributed by atoms with Crippen LogP contribution in [0, 0.1) is 25.5 Å². The van der Waals surface area contributed by atoms with Crippen molar-refractivity contribution in [2.24, 2.45) is 0 Å². The average molecular weight is 247 g/mol. The van der Waals surface area contributed by atoms with Crippen LogP contribution in [0.4, 0.5) is 8.78 Å². The SMILES string of the molecule is Cc1cnc(C(=O)c2cc(F)cc(F)c2)c(C)c1. The maximum atomic E-state index is 13.1. The largest absolute Gasteiger partial charge is 0.287 e. The van der Waals surface area contributed by atoms with Crippen molar-refractivity contribution in [2.45, 2.75) is 13.8 Å². The van der Waals surface area contributed by atoms with Gasteiger partial charge in [-0.2, -0.15) is 0 Å². The van der Waals surface area contributed by atoms with E-state index in [0.717, 1.165) is 23.8 Å². The summed E-state index contributed by atoms with van der Waals surface area (Å²) in [5.41, 5.74) is 1.79. The number of pyridine rings is 1.